The molecule has 3 nitrogen and oxygen atoms in total. The Morgan fingerprint density at radius 3 is 2.88 bits per heavy atom. The first kappa shape index (κ1) is 15.9. The number of nitrogens with zero attached hydrogens (tertiary/aromatic N) is 1. The fourth-order valence-electron chi connectivity index (χ4n) is 4.01. The number of aryl methyl sites for hydroxylation is 1. The molecular formula is C21H20FNO2. The summed E-state index contributed by atoms with van der Waals surface area (Å²) in [5, 5.41) is 10.2. The van der Waals surface area contributed by atoms with Crippen LogP contribution < -0.4 is 0 Å². The van der Waals surface area contributed by atoms with E-state index in [1.165, 1.54) is 17.2 Å². The molecule has 0 aliphatic heterocycles. The monoisotopic (exact) mass is 337 g/mol. The number of carboxylic acids is 1. The molecule has 1 aliphatic carbocycles. The number of aliphatic carboxylic acids is 1. The van der Waals surface area contributed by atoms with E-state index in [2.05, 4.69) is 29.7 Å². The maximum Gasteiger partial charge on any atom is 0.306 e. The summed E-state index contributed by atoms with van der Waals surface area (Å²) in [5.41, 5.74) is 5.54. The van der Waals surface area contributed by atoms with Crippen molar-refractivity contribution in [3.05, 3.63) is 70.7 Å². The predicted octanol–water partition coefficient (Wildman–Crippen LogP) is 4.33. The van der Waals surface area contributed by atoms with Crippen LogP contribution in [-0.4, -0.2) is 15.6 Å². The molecule has 0 spiro atoms. The molecule has 0 saturated carbocycles. The summed E-state index contributed by atoms with van der Waals surface area (Å²) in [6.45, 7) is 2.79. The zero-order chi connectivity index (χ0) is 17.6. The van der Waals surface area contributed by atoms with Gasteiger partial charge in [0.1, 0.15) is 5.82 Å². The average molecular weight is 337 g/mol. The lowest BCUT2D eigenvalue weighted by Gasteiger charge is -2.21. The number of hydrogen-bond donors (Lipinski definition) is 1. The minimum Gasteiger partial charge on any atom is -0.481 e. The van der Waals surface area contributed by atoms with Crippen molar-refractivity contribution in [2.75, 3.05) is 0 Å². The minimum atomic E-state index is -0.762. The maximum absolute atomic E-state index is 13.8. The predicted molar refractivity (Wildman–Crippen MR) is 95.3 cm³/mol. The smallest absolute Gasteiger partial charge is 0.306 e. The molecule has 1 N–H and O–H groups in total. The first-order chi connectivity index (χ1) is 12.0. The molecule has 1 unspecified atom stereocenters. The van der Waals surface area contributed by atoms with E-state index >= 15 is 0 Å². The van der Waals surface area contributed by atoms with Gasteiger partial charge in [-0.15, -0.1) is 0 Å². The summed E-state index contributed by atoms with van der Waals surface area (Å²) >= 11 is 0. The SMILES string of the molecule is Cc1cccc(Cn2c3c(c4cc(F)ccc42)CC(C(=O)O)CC3)c1. The van der Waals surface area contributed by atoms with Gasteiger partial charge in [-0.2, -0.15) is 0 Å². The first-order valence-corrected chi connectivity index (χ1v) is 8.61. The minimum absolute atomic E-state index is 0.277. The van der Waals surface area contributed by atoms with Gasteiger partial charge in [0.2, 0.25) is 0 Å². The number of rotatable bonds is 3. The van der Waals surface area contributed by atoms with E-state index in [1.807, 2.05) is 12.1 Å². The van der Waals surface area contributed by atoms with Crippen LogP contribution in [0.2, 0.25) is 0 Å². The van der Waals surface area contributed by atoms with Gasteiger partial charge in [-0.1, -0.05) is 29.8 Å². The average Bonchev–Trinajstić information content (AvgIpc) is 2.88. The zero-order valence-electron chi connectivity index (χ0n) is 14.1. The molecule has 1 heterocycles. The second-order valence-corrected chi connectivity index (χ2v) is 6.94. The van der Waals surface area contributed by atoms with Crippen molar-refractivity contribution in [2.45, 2.75) is 32.7 Å². The molecule has 0 radical (unpaired) electrons. The van der Waals surface area contributed by atoms with E-state index in [1.54, 1.807) is 6.07 Å². The Balaban J connectivity index is 1.86. The lowest BCUT2D eigenvalue weighted by molar-refractivity contribution is -0.142. The van der Waals surface area contributed by atoms with Crippen molar-refractivity contribution in [1.29, 1.82) is 0 Å². The number of carboxylic acid groups (broad SMARTS) is 1. The normalized spacial score (nSPS) is 16.8. The van der Waals surface area contributed by atoms with E-state index in [0.717, 1.165) is 28.7 Å². The number of aromatic nitrogens is 1. The van der Waals surface area contributed by atoms with Gasteiger partial charge < -0.3 is 9.67 Å². The van der Waals surface area contributed by atoms with Crippen LogP contribution in [0.4, 0.5) is 4.39 Å². The molecule has 1 aromatic heterocycles. The van der Waals surface area contributed by atoms with Gasteiger partial charge in [-0.3, -0.25) is 4.79 Å². The van der Waals surface area contributed by atoms with Crippen molar-refractivity contribution in [1.82, 2.24) is 4.57 Å². The second-order valence-electron chi connectivity index (χ2n) is 6.94. The molecule has 1 atom stereocenters. The van der Waals surface area contributed by atoms with Crippen LogP contribution in [-0.2, 0) is 24.2 Å². The third-order valence-corrected chi connectivity index (χ3v) is 5.20. The van der Waals surface area contributed by atoms with Gasteiger partial charge >= 0.3 is 5.97 Å². The number of benzene rings is 2. The van der Waals surface area contributed by atoms with Crippen molar-refractivity contribution in [3.8, 4) is 0 Å². The maximum atomic E-state index is 13.8. The molecule has 1 aliphatic rings. The van der Waals surface area contributed by atoms with E-state index in [4.69, 9.17) is 0 Å². The summed E-state index contributed by atoms with van der Waals surface area (Å²) in [6, 6.07) is 13.2. The molecule has 0 fully saturated rings. The first-order valence-electron chi connectivity index (χ1n) is 8.61. The van der Waals surface area contributed by atoms with Crippen LogP contribution in [0.3, 0.4) is 0 Å². The number of carbonyl (C=O) groups is 1. The Morgan fingerprint density at radius 2 is 2.12 bits per heavy atom. The Labute approximate surface area is 145 Å². The van der Waals surface area contributed by atoms with Gasteiger partial charge in [-0.25, -0.2) is 4.39 Å². The molecule has 4 rings (SSSR count). The van der Waals surface area contributed by atoms with Gasteiger partial charge in [0.15, 0.2) is 0 Å². The molecule has 128 valence electrons. The van der Waals surface area contributed by atoms with Crippen molar-refractivity contribution in [2.24, 2.45) is 5.92 Å². The van der Waals surface area contributed by atoms with Gasteiger partial charge in [-0.05, 0) is 55.5 Å². The van der Waals surface area contributed by atoms with E-state index in [9.17, 15) is 14.3 Å². The zero-order valence-corrected chi connectivity index (χ0v) is 14.1. The van der Waals surface area contributed by atoms with Gasteiger partial charge in [0.25, 0.3) is 0 Å². The molecular weight excluding hydrogens is 317 g/mol. The molecule has 2 aromatic carbocycles. The Hall–Kier alpha value is -2.62. The molecule has 0 amide bonds. The molecule has 25 heavy (non-hydrogen) atoms. The van der Waals surface area contributed by atoms with Crippen LogP contribution >= 0.6 is 0 Å². The number of halogens is 1. The van der Waals surface area contributed by atoms with Gasteiger partial charge in [0, 0.05) is 23.1 Å². The van der Waals surface area contributed by atoms with Crippen LogP contribution in [0.15, 0.2) is 42.5 Å². The fourth-order valence-corrected chi connectivity index (χ4v) is 4.01. The highest BCUT2D eigenvalue weighted by atomic mass is 19.1. The van der Waals surface area contributed by atoms with Crippen molar-refractivity contribution >= 4 is 16.9 Å². The second kappa shape index (κ2) is 6.03. The highest BCUT2D eigenvalue weighted by Gasteiger charge is 2.29. The molecule has 0 saturated heterocycles. The largest absolute Gasteiger partial charge is 0.481 e. The third-order valence-electron chi connectivity index (χ3n) is 5.20. The van der Waals surface area contributed by atoms with Crippen molar-refractivity contribution < 1.29 is 14.3 Å². The van der Waals surface area contributed by atoms with Crippen LogP contribution in [0.25, 0.3) is 10.9 Å². The standard InChI is InChI=1S/C21H20FNO2/c1-13-3-2-4-14(9-13)12-23-19-7-5-15(21(24)25)10-17(19)18-11-16(22)6-8-20(18)23/h2-4,6,8-9,11,15H,5,7,10,12H2,1H3,(H,24,25). The summed E-state index contributed by atoms with van der Waals surface area (Å²) < 4.78 is 16.1. The summed E-state index contributed by atoms with van der Waals surface area (Å²) in [5.74, 6) is -1.42. The Morgan fingerprint density at radius 1 is 1.28 bits per heavy atom. The lowest BCUT2D eigenvalue weighted by Crippen LogP contribution is -2.23. The summed E-state index contributed by atoms with van der Waals surface area (Å²) in [6.07, 6.45) is 1.83. The molecule has 4 heteroatoms. The Bertz CT molecular complexity index is 973. The van der Waals surface area contributed by atoms with Crippen molar-refractivity contribution in [3.63, 3.8) is 0 Å². The quantitative estimate of drug-likeness (QED) is 0.773. The lowest BCUT2D eigenvalue weighted by atomic mass is 9.86. The Kier molecular flexibility index (Phi) is 3.83. The number of hydrogen-bond acceptors (Lipinski definition) is 1. The topological polar surface area (TPSA) is 42.2 Å². The van der Waals surface area contributed by atoms with E-state index in [-0.39, 0.29) is 11.7 Å². The van der Waals surface area contributed by atoms with Crippen LogP contribution in [0.1, 0.15) is 28.8 Å². The third kappa shape index (κ3) is 2.82. The van der Waals surface area contributed by atoms with Gasteiger partial charge in [0.05, 0.1) is 5.92 Å². The molecule has 3 aromatic rings. The summed E-state index contributed by atoms with van der Waals surface area (Å²) in [7, 11) is 0. The fraction of sp³-hybridized carbons (Fsp3) is 0.286. The van der Waals surface area contributed by atoms with E-state index in [0.29, 0.717) is 19.3 Å². The highest BCUT2D eigenvalue weighted by Crippen LogP contribution is 2.35. The van der Waals surface area contributed by atoms with E-state index < -0.39 is 5.97 Å². The highest BCUT2D eigenvalue weighted by molar-refractivity contribution is 5.87. The van der Waals surface area contributed by atoms with Crippen LogP contribution in [0, 0.1) is 18.7 Å². The molecule has 0 bridgehead atoms. The van der Waals surface area contributed by atoms with Crippen LogP contribution in [0.5, 0.6) is 0 Å². The number of fused-ring (bicyclic) bond motifs is 3. The summed E-state index contributed by atoms with van der Waals surface area (Å²) in [4.78, 5) is 11.4.